The number of benzene rings is 1. The molecule has 2 heterocycles. The van der Waals surface area contributed by atoms with Crippen LogP contribution in [-0.4, -0.2) is 11.8 Å². The minimum Gasteiger partial charge on any atom is -0.454 e. The smallest absolute Gasteiger partial charge is 0.231 e. The van der Waals surface area contributed by atoms with E-state index in [0.717, 1.165) is 22.7 Å². The molecule has 0 atom stereocenters. The van der Waals surface area contributed by atoms with Crippen LogP contribution in [0.2, 0.25) is 5.02 Å². The predicted molar refractivity (Wildman–Crippen MR) is 72.5 cm³/mol. The van der Waals surface area contributed by atoms with Crippen LogP contribution in [-0.2, 0) is 6.42 Å². The zero-order valence-electron chi connectivity index (χ0n) is 9.70. The molecular formula is C12H11ClN2O2S. The van der Waals surface area contributed by atoms with Crippen molar-refractivity contribution in [2.24, 2.45) is 0 Å². The molecule has 0 fully saturated rings. The zero-order chi connectivity index (χ0) is 12.7. The molecule has 1 aromatic carbocycles. The highest BCUT2D eigenvalue weighted by Crippen LogP contribution is 2.43. The van der Waals surface area contributed by atoms with E-state index in [-0.39, 0.29) is 6.79 Å². The van der Waals surface area contributed by atoms with Crippen molar-refractivity contribution in [3.8, 4) is 22.8 Å². The van der Waals surface area contributed by atoms with E-state index in [9.17, 15) is 0 Å². The predicted octanol–water partition coefficient (Wildman–Crippen LogP) is 3.34. The molecule has 3 rings (SSSR count). The number of ether oxygens (including phenoxy) is 2. The van der Waals surface area contributed by atoms with Crippen molar-refractivity contribution in [1.29, 1.82) is 0 Å². The summed E-state index contributed by atoms with van der Waals surface area (Å²) < 4.78 is 10.6. The molecule has 0 saturated carbocycles. The number of nitrogen functional groups attached to an aromatic ring is 1. The van der Waals surface area contributed by atoms with Gasteiger partial charge < -0.3 is 15.2 Å². The molecule has 0 bridgehead atoms. The topological polar surface area (TPSA) is 57.4 Å². The van der Waals surface area contributed by atoms with Gasteiger partial charge in [-0.15, -0.1) is 11.3 Å². The fraction of sp³-hybridized carbons (Fsp3) is 0.250. The average Bonchev–Trinajstić information content (AvgIpc) is 2.95. The van der Waals surface area contributed by atoms with Gasteiger partial charge in [-0.3, -0.25) is 0 Å². The lowest BCUT2D eigenvalue weighted by atomic mass is 10.1. The first-order valence-corrected chi connectivity index (χ1v) is 6.73. The van der Waals surface area contributed by atoms with Crippen molar-refractivity contribution in [3.63, 3.8) is 0 Å². The van der Waals surface area contributed by atoms with Gasteiger partial charge in [0, 0.05) is 5.56 Å². The summed E-state index contributed by atoms with van der Waals surface area (Å²) in [5.41, 5.74) is 7.61. The minimum atomic E-state index is 0.200. The lowest BCUT2D eigenvalue weighted by molar-refractivity contribution is 0.174. The van der Waals surface area contributed by atoms with Gasteiger partial charge in [0.1, 0.15) is 10.7 Å². The Balaban J connectivity index is 2.11. The third-order valence-corrected chi connectivity index (χ3v) is 4.01. The normalized spacial score (nSPS) is 13.0. The van der Waals surface area contributed by atoms with Crippen LogP contribution < -0.4 is 15.2 Å². The molecule has 6 heteroatoms. The van der Waals surface area contributed by atoms with Crippen LogP contribution in [0.1, 0.15) is 11.9 Å². The Morgan fingerprint density at radius 2 is 2.28 bits per heavy atom. The molecule has 4 nitrogen and oxygen atoms in total. The summed E-state index contributed by atoms with van der Waals surface area (Å²) in [6.07, 6.45) is 0.868. The van der Waals surface area contributed by atoms with Crippen LogP contribution in [0.25, 0.3) is 11.3 Å². The standard InChI is InChI=1S/C12H11ClN2O2S/c1-2-9-15-10(12(14)18-9)6-3-7(13)11-8(4-6)16-5-17-11/h3-4H,2,5,14H2,1H3. The Hall–Kier alpha value is -1.46. The summed E-state index contributed by atoms with van der Waals surface area (Å²) >= 11 is 7.65. The van der Waals surface area contributed by atoms with Crippen LogP contribution in [0.15, 0.2) is 12.1 Å². The van der Waals surface area contributed by atoms with Gasteiger partial charge in [0.25, 0.3) is 0 Å². The highest BCUT2D eigenvalue weighted by molar-refractivity contribution is 7.16. The molecule has 0 saturated heterocycles. The molecule has 94 valence electrons. The van der Waals surface area contributed by atoms with Crippen molar-refractivity contribution in [2.45, 2.75) is 13.3 Å². The molecule has 0 aliphatic carbocycles. The second kappa shape index (κ2) is 4.33. The van der Waals surface area contributed by atoms with Crippen LogP contribution in [0.3, 0.4) is 0 Å². The number of hydrogen-bond acceptors (Lipinski definition) is 5. The zero-order valence-corrected chi connectivity index (χ0v) is 11.3. The molecule has 0 amide bonds. The van der Waals surface area contributed by atoms with E-state index in [2.05, 4.69) is 11.9 Å². The van der Waals surface area contributed by atoms with Crippen LogP contribution in [0.5, 0.6) is 11.5 Å². The van der Waals surface area contributed by atoms with Crippen LogP contribution >= 0.6 is 22.9 Å². The maximum absolute atomic E-state index is 6.15. The largest absolute Gasteiger partial charge is 0.454 e. The Kier molecular flexibility index (Phi) is 2.80. The molecule has 0 radical (unpaired) electrons. The lowest BCUT2D eigenvalue weighted by Gasteiger charge is -2.03. The number of hydrogen-bond donors (Lipinski definition) is 1. The summed E-state index contributed by atoms with van der Waals surface area (Å²) in [7, 11) is 0. The van der Waals surface area contributed by atoms with Crippen molar-refractivity contribution >= 4 is 27.9 Å². The molecule has 1 aromatic heterocycles. The van der Waals surface area contributed by atoms with Crippen LogP contribution in [0.4, 0.5) is 5.00 Å². The molecule has 1 aliphatic rings. The Morgan fingerprint density at radius 3 is 3.00 bits per heavy atom. The number of nitrogens with zero attached hydrogens (tertiary/aromatic N) is 1. The molecular weight excluding hydrogens is 272 g/mol. The monoisotopic (exact) mass is 282 g/mol. The number of aromatic nitrogens is 1. The fourth-order valence-electron chi connectivity index (χ4n) is 1.84. The first-order valence-electron chi connectivity index (χ1n) is 5.53. The summed E-state index contributed by atoms with van der Waals surface area (Å²) in [6, 6.07) is 3.67. The fourth-order valence-corrected chi connectivity index (χ4v) is 2.90. The van der Waals surface area contributed by atoms with E-state index < -0.39 is 0 Å². The van der Waals surface area contributed by atoms with Gasteiger partial charge in [-0.25, -0.2) is 4.98 Å². The second-order valence-corrected chi connectivity index (χ2v) is 5.39. The van der Waals surface area contributed by atoms with Gasteiger partial charge in [0.2, 0.25) is 6.79 Å². The summed E-state index contributed by atoms with van der Waals surface area (Å²) in [5, 5.41) is 2.23. The van der Waals surface area contributed by atoms with E-state index in [1.807, 2.05) is 6.07 Å². The first-order chi connectivity index (χ1) is 8.69. The Bertz CT molecular complexity index is 612. The highest BCUT2D eigenvalue weighted by atomic mass is 35.5. The third kappa shape index (κ3) is 1.79. The maximum Gasteiger partial charge on any atom is 0.231 e. The molecule has 0 spiro atoms. The Morgan fingerprint density at radius 1 is 1.44 bits per heavy atom. The summed E-state index contributed by atoms with van der Waals surface area (Å²) in [4.78, 5) is 4.50. The first kappa shape index (κ1) is 11.6. The van der Waals surface area contributed by atoms with Crippen molar-refractivity contribution in [1.82, 2.24) is 4.98 Å². The number of halogens is 1. The number of rotatable bonds is 2. The van der Waals surface area contributed by atoms with E-state index in [0.29, 0.717) is 21.5 Å². The quantitative estimate of drug-likeness (QED) is 0.918. The van der Waals surface area contributed by atoms with E-state index in [1.54, 1.807) is 6.07 Å². The van der Waals surface area contributed by atoms with Gasteiger partial charge in [0.05, 0.1) is 10.0 Å². The van der Waals surface area contributed by atoms with Crippen LogP contribution in [0, 0.1) is 0 Å². The van der Waals surface area contributed by atoms with E-state index in [1.165, 1.54) is 11.3 Å². The van der Waals surface area contributed by atoms with E-state index in [4.69, 9.17) is 26.8 Å². The highest BCUT2D eigenvalue weighted by Gasteiger charge is 2.20. The second-order valence-electron chi connectivity index (χ2n) is 3.87. The van der Waals surface area contributed by atoms with Gasteiger partial charge in [0.15, 0.2) is 11.5 Å². The van der Waals surface area contributed by atoms with E-state index >= 15 is 0 Å². The number of anilines is 1. The van der Waals surface area contributed by atoms with Gasteiger partial charge in [-0.05, 0) is 18.6 Å². The average molecular weight is 283 g/mol. The van der Waals surface area contributed by atoms with Crippen molar-refractivity contribution in [3.05, 3.63) is 22.2 Å². The number of thiazole rings is 1. The summed E-state index contributed by atoms with van der Waals surface area (Å²) in [6.45, 7) is 2.25. The molecule has 1 aliphatic heterocycles. The van der Waals surface area contributed by atoms with Gasteiger partial charge >= 0.3 is 0 Å². The van der Waals surface area contributed by atoms with Crippen molar-refractivity contribution < 1.29 is 9.47 Å². The molecule has 18 heavy (non-hydrogen) atoms. The van der Waals surface area contributed by atoms with Gasteiger partial charge in [-0.2, -0.15) is 0 Å². The SMILES string of the molecule is CCc1nc(-c2cc(Cl)c3c(c2)OCO3)c(N)s1. The molecule has 2 aromatic rings. The summed E-state index contributed by atoms with van der Waals surface area (Å²) in [5.74, 6) is 1.23. The maximum atomic E-state index is 6.15. The minimum absolute atomic E-state index is 0.200. The lowest BCUT2D eigenvalue weighted by Crippen LogP contribution is -1.93. The number of nitrogens with two attached hydrogens (primary N) is 1. The third-order valence-electron chi connectivity index (χ3n) is 2.70. The van der Waals surface area contributed by atoms with Gasteiger partial charge in [-0.1, -0.05) is 18.5 Å². The molecule has 0 unspecified atom stereocenters. The van der Waals surface area contributed by atoms with Crippen molar-refractivity contribution in [2.75, 3.05) is 12.5 Å². The molecule has 2 N–H and O–H groups in total. The number of aryl methyl sites for hydroxylation is 1. The number of fused-ring (bicyclic) bond motifs is 1. The Labute approximate surface area is 113 Å².